The Kier molecular flexibility index (Phi) is 7.21. The average molecular weight is 451 g/mol. The first-order valence-corrected chi connectivity index (χ1v) is 11.2. The maximum Gasteiger partial charge on any atom is 0.238 e. The molecule has 1 saturated heterocycles. The molecule has 1 aromatic heterocycles. The zero-order valence-corrected chi connectivity index (χ0v) is 18.7. The Morgan fingerprint density at radius 3 is 2.66 bits per heavy atom. The molecule has 3 aromatic rings. The van der Waals surface area contributed by atoms with Crippen LogP contribution >= 0.6 is 11.8 Å². The molecule has 2 aromatic carbocycles. The minimum atomic E-state index is -0.236. The normalized spacial score (nSPS) is 14.2. The third-order valence-corrected chi connectivity index (χ3v) is 5.97. The van der Waals surface area contributed by atoms with Gasteiger partial charge in [0.05, 0.1) is 17.6 Å². The molecule has 1 aliphatic heterocycles. The average Bonchev–Trinajstić information content (AvgIpc) is 2.81. The molecule has 4 rings (SSSR count). The quantitative estimate of drug-likeness (QED) is 0.567. The summed E-state index contributed by atoms with van der Waals surface area (Å²) in [6, 6.07) is 17.1. The number of likely N-dealkylation sites (N-methyl/N-ethyl adjacent to an activating group) is 1. The monoisotopic (exact) mass is 450 g/mol. The molecule has 9 heteroatoms. The van der Waals surface area contributed by atoms with E-state index >= 15 is 0 Å². The van der Waals surface area contributed by atoms with Crippen molar-refractivity contribution >= 4 is 29.3 Å². The van der Waals surface area contributed by atoms with Gasteiger partial charge in [-0.05, 0) is 37.4 Å². The first-order chi connectivity index (χ1) is 15.6. The highest BCUT2D eigenvalue weighted by Gasteiger charge is 2.19. The summed E-state index contributed by atoms with van der Waals surface area (Å²) < 4.78 is 6.15. The SMILES string of the molecule is CN1CCN(c2ncc(Sc3cccc(NC(=O)CN)c3)c(Oc3ccccc3)n2)CC1. The number of para-hydroxylation sites is 1. The van der Waals surface area contributed by atoms with Crippen molar-refractivity contribution < 1.29 is 9.53 Å². The van der Waals surface area contributed by atoms with Crippen LogP contribution in [0.3, 0.4) is 0 Å². The molecular weight excluding hydrogens is 424 g/mol. The van der Waals surface area contributed by atoms with E-state index in [0.29, 0.717) is 23.3 Å². The predicted molar refractivity (Wildman–Crippen MR) is 127 cm³/mol. The molecule has 0 saturated carbocycles. The summed E-state index contributed by atoms with van der Waals surface area (Å²) in [6.45, 7) is 3.62. The minimum Gasteiger partial charge on any atom is -0.438 e. The van der Waals surface area contributed by atoms with Gasteiger partial charge in [0.1, 0.15) is 5.75 Å². The van der Waals surface area contributed by atoms with Crippen LogP contribution in [-0.4, -0.2) is 60.5 Å². The number of nitrogens with one attached hydrogen (secondary N) is 1. The maximum atomic E-state index is 11.6. The van der Waals surface area contributed by atoms with Gasteiger partial charge in [0, 0.05) is 36.8 Å². The van der Waals surface area contributed by atoms with Crippen molar-refractivity contribution in [2.24, 2.45) is 5.73 Å². The summed E-state index contributed by atoms with van der Waals surface area (Å²) in [7, 11) is 2.12. The largest absolute Gasteiger partial charge is 0.438 e. The van der Waals surface area contributed by atoms with Crippen LogP contribution in [0.5, 0.6) is 11.6 Å². The number of ether oxygens (including phenoxy) is 1. The second-order valence-corrected chi connectivity index (χ2v) is 8.54. The number of nitrogens with zero attached hydrogens (tertiary/aromatic N) is 4. The topological polar surface area (TPSA) is 96.6 Å². The van der Waals surface area contributed by atoms with E-state index < -0.39 is 0 Å². The highest BCUT2D eigenvalue weighted by atomic mass is 32.2. The summed E-state index contributed by atoms with van der Waals surface area (Å²) >= 11 is 1.48. The van der Waals surface area contributed by atoms with E-state index in [-0.39, 0.29) is 12.5 Å². The third-order valence-electron chi connectivity index (χ3n) is 4.98. The van der Waals surface area contributed by atoms with Crippen molar-refractivity contribution in [2.75, 3.05) is 50.0 Å². The van der Waals surface area contributed by atoms with Crippen molar-refractivity contribution in [3.8, 4) is 11.6 Å². The lowest BCUT2D eigenvalue weighted by atomic mass is 10.3. The van der Waals surface area contributed by atoms with Crippen LogP contribution < -0.4 is 20.7 Å². The second kappa shape index (κ2) is 10.4. The van der Waals surface area contributed by atoms with Gasteiger partial charge in [-0.2, -0.15) is 4.98 Å². The summed E-state index contributed by atoms with van der Waals surface area (Å²) in [5.74, 6) is 1.64. The zero-order chi connectivity index (χ0) is 22.3. The summed E-state index contributed by atoms with van der Waals surface area (Å²) in [6.07, 6.45) is 1.80. The van der Waals surface area contributed by atoms with Crippen LogP contribution in [0, 0.1) is 0 Å². The predicted octanol–water partition coefficient (Wildman–Crippen LogP) is 3.07. The molecule has 0 aliphatic carbocycles. The smallest absolute Gasteiger partial charge is 0.238 e. The standard InChI is InChI=1S/C23H26N6O2S/c1-28-10-12-29(13-11-28)23-25-16-20(22(27-23)31-18-7-3-2-4-8-18)32-19-9-5-6-17(14-19)26-21(30)15-24/h2-9,14,16H,10-13,15,24H2,1H3,(H,26,30). The molecule has 0 bridgehead atoms. The Balaban J connectivity index is 1.60. The second-order valence-electron chi connectivity index (χ2n) is 7.43. The first kappa shape index (κ1) is 22.1. The molecule has 3 N–H and O–H groups in total. The van der Waals surface area contributed by atoms with Gasteiger partial charge < -0.3 is 25.6 Å². The molecule has 1 amide bonds. The lowest BCUT2D eigenvalue weighted by Crippen LogP contribution is -2.45. The van der Waals surface area contributed by atoms with Crippen molar-refractivity contribution in [1.29, 1.82) is 0 Å². The molecule has 0 radical (unpaired) electrons. The van der Waals surface area contributed by atoms with E-state index in [1.165, 1.54) is 11.8 Å². The van der Waals surface area contributed by atoms with Gasteiger partial charge in [0.15, 0.2) is 0 Å². The van der Waals surface area contributed by atoms with Crippen molar-refractivity contribution in [1.82, 2.24) is 14.9 Å². The number of piperazine rings is 1. The van der Waals surface area contributed by atoms with Gasteiger partial charge in [-0.25, -0.2) is 4.98 Å². The number of hydrogen-bond acceptors (Lipinski definition) is 8. The lowest BCUT2D eigenvalue weighted by molar-refractivity contribution is -0.114. The van der Waals surface area contributed by atoms with Gasteiger partial charge in [-0.15, -0.1) is 0 Å². The van der Waals surface area contributed by atoms with Crippen molar-refractivity contribution in [2.45, 2.75) is 9.79 Å². The van der Waals surface area contributed by atoms with E-state index in [9.17, 15) is 4.79 Å². The molecule has 32 heavy (non-hydrogen) atoms. The molecule has 2 heterocycles. The van der Waals surface area contributed by atoms with Crippen molar-refractivity contribution in [3.05, 3.63) is 60.8 Å². The van der Waals surface area contributed by atoms with Crippen LogP contribution in [0.25, 0.3) is 0 Å². The van der Waals surface area contributed by atoms with Crippen LogP contribution in [0.2, 0.25) is 0 Å². The van der Waals surface area contributed by atoms with E-state index in [1.54, 1.807) is 6.20 Å². The molecule has 1 fully saturated rings. The molecule has 8 nitrogen and oxygen atoms in total. The minimum absolute atomic E-state index is 0.0615. The molecule has 166 valence electrons. The van der Waals surface area contributed by atoms with Gasteiger partial charge in [0.25, 0.3) is 0 Å². The Labute approximate surface area is 191 Å². The molecule has 0 unspecified atom stereocenters. The Morgan fingerprint density at radius 1 is 1.12 bits per heavy atom. The van der Waals surface area contributed by atoms with Crippen LogP contribution in [0.4, 0.5) is 11.6 Å². The molecule has 0 spiro atoms. The van der Waals surface area contributed by atoms with Crippen molar-refractivity contribution in [3.63, 3.8) is 0 Å². The van der Waals surface area contributed by atoms with Crippen LogP contribution in [0.1, 0.15) is 0 Å². The number of rotatable bonds is 7. The zero-order valence-electron chi connectivity index (χ0n) is 17.9. The fourth-order valence-corrected chi connectivity index (χ4v) is 4.09. The summed E-state index contributed by atoms with van der Waals surface area (Å²) in [5.41, 5.74) is 6.09. The third kappa shape index (κ3) is 5.76. The highest BCUT2D eigenvalue weighted by molar-refractivity contribution is 7.99. The maximum absolute atomic E-state index is 11.6. The number of hydrogen-bond donors (Lipinski definition) is 2. The van der Waals surface area contributed by atoms with E-state index in [4.69, 9.17) is 15.5 Å². The molecule has 1 aliphatic rings. The molecular formula is C23H26N6O2S. The number of benzene rings is 2. The Bertz CT molecular complexity index is 1060. The fraction of sp³-hybridized carbons (Fsp3) is 0.261. The summed E-state index contributed by atoms with van der Waals surface area (Å²) in [4.78, 5) is 27.2. The van der Waals surface area contributed by atoms with E-state index in [0.717, 1.165) is 36.0 Å². The fourth-order valence-electron chi connectivity index (χ4n) is 3.22. The highest BCUT2D eigenvalue weighted by Crippen LogP contribution is 2.37. The number of carbonyl (C=O) groups is 1. The number of nitrogens with two attached hydrogens (primary N) is 1. The molecule has 0 atom stereocenters. The Morgan fingerprint density at radius 2 is 1.91 bits per heavy atom. The first-order valence-electron chi connectivity index (χ1n) is 10.4. The summed E-state index contributed by atoms with van der Waals surface area (Å²) in [5, 5.41) is 2.78. The van der Waals surface area contributed by atoms with Gasteiger partial charge >= 0.3 is 0 Å². The van der Waals surface area contributed by atoms with Gasteiger partial charge in [-0.3, -0.25) is 4.79 Å². The van der Waals surface area contributed by atoms with E-state index in [1.807, 2.05) is 54.6 Å². The van der Waals surface area contributed by atoms with E-state index in [2.05, 4.69) is 27.1 Å². The lowest BCUT2D eigenvalue weighted by Gasteiger charge is -2.32. The van der Waals surface area contributed by atoms with Gasteiger partial charge in [-0.1, -0.05) is 36.0 Å². The van der Waals surface area contributed by atoms with Crippen LogP contribution in [0.15, 0.2) is 70.6 Å². The van der Waals surface area contributed by atoms with Gasteiger partial charge in [0.2, 0.25) is 17.7 Å². The Hall–Kier alpha value is -3.14. The number of amides is 1. The van der Waals surface area contributed by atoms with Crippen LogP contribution in [-0.2, 0) is 4.79 Å². The number of carbonyl (C=O) groups excluding carboxylic acids is 1. The number of anilines is 2. The number of aromatic nitrogens is 2.